The van der Waals surface area contributed by atoms with Crippen LogP contribution in [0.25, 0.3) is 0 Å². The number of sulfonamides is 1. The number of carbonyl (C=O) groups is 1. The third-order valence-corrected chi connectivity index (χ3v) is 4.76. The summed E-state index contributed by atoms with van der Waals surface area (Å²) in [5.41, 5.74) is 0.862. The quantitative estimate of drug-likeness (QED) is 0.906. The van der Waals surface area contributed by atoms with Gasteiger partial charge >= 0.3 is 0 Å². The minimum absolute atomic E-state index is 0.00335. The Morgan fingerprint density at radius 2 is 2.19 bits per heavy atom. The van der Waals surface area contributed by atoms with Gasteiger partial charge in [-0.3, -0.25) is 4.79 Å². The third kappa shape index (κ3) is 5.30. The van der Waals surface area contributed by atoms with Crippen molar-refractivity contribution in [1.29, 1.82) is 0 Å². The molecule has 2 rings (SSSR count). The number of nitrogens with two attached hydrogens (primary N) is 1. The summed E-state index contributed by atoms with van der Waals surface area (Å²) in [6.45, 7) is 1.12. The number of primary sulfonamides is 1. The molecule has 1 atom stereocenters. The molecule has 116 valence electrons. The van der Waals surface area contributed by atoms with E-state index in [1.165, 1.54) is 0 Å². The standard InChI is InChI=1S/C14H19ClN2O3S/c15-13-5-1-3-11(7-13)8-14(18)17-6-2-4-12(9-17)10-21(16,19)20/h1,3,5,7,12H,2,4,6,8-10H2,(H2,16,19,20)/t12-/m1/s1. The Hall–Kier alpha value is -1.11. The van der Waals surface area contributed by atoms with E-state index < -0.39 is 10.0 Å². The Morgan fingerprint density at radius 3 is 2.86 bits per heavy atom. The van der Waals surface area contributed by atoms with E-state index in [9.17, 15) is 13.2 Å². The lowest BCUT2D eigenvalue weighted by Crippen LogP contribution is -2.43. The molecule has 1 heterocycles. The van der Waals surface area contributed by atoms with Crippen LogP contribution in [0.2, 0.25) is 5.02 Å². The average molecular weight is 331 g/mol. The smallest absolute Gasteiger partial charge is 0.226 e. The largest absolute Gasteiger partial charge is 0.342 e. The Morgan fingerprint density at radius 1 is 1.43 bits per heavy atom. The lowest BCUT2D eigenvalue weighted by molar-refractivity contribution is -0.132. The molecule has 5 nitrogen and oxygen atoms in total. The Kier molecular flexibility index (Phi) is 5.24. The summed E-state index contributed by atoms with van der Waals surface area (Å²) in [7, 11) is -3.49. The summed E-state index contributed by atoms with van der Waals surface area (Å²) in [5, 5.41) is 5.68. The SMILES string of the molecule is NS(=O)(=O)C[C@@H]1CCCN(C(=O)Cc2cccc(Cl)c2)C1. The van der Waals surface area contributed by atoms with Gasteiger partial charge in [0.25, 0.3) is 0 Å². The number of carbonyl (C=O) groups excluding carboxylic acids is 1. The number of benzene rings is 1. The van der Waals surface area contributed by atoms with Crippen LogP contribution in [0.3, 0.4) is 0 Å². The monoisotopic (exact) mass is 330 g/mol. The summed E-state index contributed by atoms with van der Waals surface area (Å²) >= 11 is 5.90. The molecule has 1 aromatic carbocycles. The highest BCUT2D eigenvalue weighted by Gasteiger charge is 2.26. The van der Waals surface area contributed by atoms with Crippen molar-refractivity contribution in [2.75, 3.05) is 18.8 Å². The van der Waals surface area contributed by atoms with E-state index in [1.807, 2.05) is 12.1 Å². The number of halogens is 1. The van der Waals surface area contributed by atoms with Crippen molar-refractivity contribution in [1.82, 2.24) is 4.90 Å². The molecule has 0 aromatic heterocycles. The van der Waals surface area contributed by atoms with Crippen LogP contribution >= 0.6 is 11.6 Å². The van der Waals surface area contributed by atoms with E-state index in [0.717, 1.165) is 18.4 Å². The van der Waals surface area contributed by atoms with Crippen molar-refractivity contribution in [3.05, 3.63) is 34.9 Å². The number of hydrogen-bond donors (Lipinski definition) is 1. The maximum Gasteiger partial charge on any atom is 0.226 e. The molecule has 1 aromatic rings. The lowest BCUT2D eigenvalue weighted by Gasteiger charge is -2.32. The van der Waals surface area contributed by atoms with E-state index >= 15 is 0 Å². The van der Waals surface area contributed by atoms with Gasteiger partial charge in [-0.05, 0) is 36.5 Å². The minimum atomic E-state index is -3.49. The average Bonchev–Trinajstić information content (AvgIpc) is 2.37. The summed E-state index contributed by atoms with van der Waals surface area (Å²) in [6, 6.07) is 7.20. The van der Waals surface area contributed by atoms with Gasteiger partial charge in [0.05, 0.1) is 12.2 Å². The fraction of sp³-hybridized carbons (Fsp3) is 0.500. The summed E-state index contributed by atoms with van der Waals surface area (Å²) in [5.74, 6) is -0.137. The van der Waals surface area contributed by atoms with Crippen LogP contribution in [0.4, 0.5) is 0 Å². The van der Waals surface area contributed by atoms with Crippen LogP contribution in [0, 0.1) is 5.92 Å². The van der Waals surface area contributed by atoms with Gasteiger partial charge < -0.3 is 4.90 Å². The predicted molar refractivity (Wildman–Crippen MR) is 82.4 cm³/mol. The molecule has 0 unspecified atom stereocenters. The summed E-state index contributed by atoms with van der Waals surface area (Å²) in [6.07, 6.45) is 1.88. The second-order valence-corrected chi connectivity index (χ2v) is 7.58. The van der Waals surface area contributed by atoms with Crippen molar-refractivity contribution in [2.45, 2.75) is 19.3 Å². The highest BCUT2D eigenvalue weighted by Crippen LogP contribution is 2.19. The van der Waals surface area contributed by atoms with Crippen LogP contribution < -0.4 is 5.14 Å². The normalized spacial score (nSPS) is 19.5. The van der Waals surface area contributed by atoms with Crippen LogP contribution in [-0.2, 0) is 21.2 Å². The molecule has 7 heteroatoms. The van der Waals surface area contributed by atoms with Crippen LogP contribution in [0.5, 0.6) is 0 Å². The molecule has 0 radical (unpaired) electrons. The highest BCUT2D eigenvalue weighted by molar-refractivity contribution is 7.89. The minimum Gasteiger partial charge on any atom is -0.342 e. The number of hydrogen-bond acceptors (Lipinski definition) is 3. The predicted octanol–water partition coefficient (Wildman–Crippen LogP) is 1.41. The molecule has 1 fully saturated rings. The summed E-state index contributed by atoms with van der Waals surface area (Å²) in [4.78, 5) is 14.0. The van der Waals surface area contributed by atoms with Gasteiger partial charge in [-0.25, -0.2) is 13.6 Å². The van der Waals surface area contributed by atoms with E-state index in [-0.39, 0.29) is 24.0 Å². The van der Waals surface area contributed by atoms with Gasteiger partial charge in [0.15, 0.2) is 0 Å². The molecule has 0 bridgehead atoms. The zero-order valence-corrected chi connectivity index (χ0v) is 13.2. The molecule has 0 saturated carbocycles. The first-order valence-corrected chi connectivity index (χ1v) is 8.95. The van der Waals surface area contributed by atoms with E-state index in [1.54, 1.807) is 17.0 Å². The number of amides is 1. The first-order chi connectivity index (χ1) is 9.83. The second kappa shape index (κ2) is 6.77. The van der Waals surface area contributed by atoms with E-state index in [0.29, 0.717) is 18.1 Å². The number of rotatable bonds is 4. The van der Waals surface area contributed by atoms with Crippen LogP contribution in [0.15, 0.2) is 24.3 Å². The van der Waals surface area contributed by atoms with Crippen molar-refractivity contribution in [3.8, 4) is 0 Å². The molecule has 0 spiro atoms. The molecular formula is C14H19ClN2O3S. The highest BCUT2D eigenvalue weighted by atomic mass is 35.5. The molecule has 1 aliphatic heterocycles. The Bertz CT molecular complexity index is 618. The molecule has 21 heavy (non-hydrogen) atoms. The number of likely N-dealkylation sites (tertiary alicyclic amines) is 1. The molecule has 2 N–H and O–H groups in total. The Balaban J connectivity index is 1.96. The molecule has 1 saturated heterocycles. The fourth-order valence-electron chi connectivity index (χ4n) is 2.69. The maximum absolute atomic E-state index is 12.3. The zero-order chi connectivity index (χ0) is 15.5. The van der Waals surface area contributed by atoms with Gasteiger partial charge in [-0.2, -0.15) is 0 Å². The first-order valence-electron chi connectivity index (χ1n) is 6.86. The molecule has 0 aliphatic carbocycles. The van der Waals surface area contributed by atoms with E-state index in [4.69, 9.17) is 16.7 Å². The van der Waals surface area contributed by atoms with Gasteiger partial charge in [0.1, 0.15) is 0 Å². The molecule has 1 aliphatic rings. The van der Waals surface area contributed by atoms with Crippen molar-refractivity contribution < 1.29 is 13.2 Å². The van der Waals surface area contributed by atoms with Gasteiger partial charge in [0, 0.05) is 18.1 Å². The molecular weight excluding hydrogens is 312 g/mol. The topological polar surface area (TPSA) is 80.5 Å². The third-order valence-electron chi connectivity index (χ3n) is 3.58. The van der Waals surface area contributed by atoms with Crippen molar-refractivity contribution >= 4 is 27.5 Å². The number of nitrogens with zero attached hydrogens (tertiary/aromatic N) is 1. The van der Waals surface area contributed by atoms with Crippen molar-refractivity contribution in [2.24, 2.45) is 11.1 Å². The van der Waals surface area contributed by atoms with Gasteiger partial charge in [-0.15, -0.1) is 0 Å². The summed E-state index contributed by atoms with van der Waals surface area (Å²) < 4.78 is 22.3. The Labute approximate surface area is 130 Å². The van der Waals surface area contributed by atoms with Crippen LogP contribution in [0.1, 0.15) is 18.4 Å². The van der Waals surface area contributed by atoms with Gasteiger partial charge in [0.2, 0.25) is 15.9 Å². The second-order valence-electron chi connectivity index (χ2n) is 5.48. The zero-order valence-electron chi connectivity index (χ0n) is 11.7. The molecule has 1 amide bonds. The maximum atomic E-state index is 12.3. The van der Waals surface area contributed by atoms with E-state index in [2.05, 4.69) is 0 Å². The lowest BCUT2D eigenvalue weighted by atomic mass is 9.99. The van der Waals surface area contributed by atoms with Crippen LogP contribution in [-0.4, -0.2) is 38.1 Å². The first kappa shape index (κ1) is 16.3. The fourth-order valence-corrected chi connectivity index (χ4v) is 3.83. The van der Waals surface area contributed by atoms with Crippen molar-refractivity contribution in [3.63, 3.8) is 0 Å². The number of piperidine rings is 1. The van der Waals surface area contributed by atoms with Gasteiger partial charge in [-0.1, -0.05) is 23.7 Å².